The predicted molar refractivity (Wildman–Crippen MR) is 132 cm³/mol. The molecule has 2 saturated heterocycles. The molecular formula is C23H28N4O2S2. The standard InChI is InChI=1S/C23H28N4O2S2/c1-5-16(4)27-22(29)18(31-23(27)30)13-17-20(25-11-8-14(2)9-12-25)24-19-15(3)7-6-10-26(19)21(17)28/h6-7,10,13-14,16H,5,8-9,11-12H2,1-4H3/b18-13+/t16-/m0/s1. The van der Waals surface area contributed by atoms with Gasteiger partial charge in [0.2, 0.25) is 0 Å². The third-order valence-corrected chi connectivity index (χ3v) is 7.61. The number of fused-ring (bicyclic) bond motifs is 1. The van der Waals surface area contributed by atoms with Crippen molar-refractivity contribution in [3.63, 3.8) is 0 Å². The lowest BCUT2D eigenvalue weighted by atomic mass is 9.99. The van der Waals surface area contributed by atoms with Gasteiger partial charge in [-0.1, -0.05) is 43.9 Å². The summed E-state index contributed by atoms with van der Waals surface area (Å²) in [5, 5.41) is 0. The van der Waals surface area contributed by atoms with Crippen LogP contribution in [-0.2, 0) is 4.79 Å². The smallest absolute Gasteiger partial charge is 0.267 e. The third-order valence-electron chi connectivity index (χ3n) is 6.28. The minimum Gasteiger partial charge on any atom is -0.356 e. The van der Waals surface area contributed by atoms with Crippen LogP contribution in [-0.4, -0.2) is 43.6 Å². The second-order valence-corrected chi connectivity index (χ2v) is 10.2. The number of rotatable bonds is 4. The molecule has 2 aliphatic heterocycles. The quantitative estimate of drug-likeness (QED) is 0.507. The van der Waals surface area contributed by atoms with Crippen molar-refractivity contribution in [2.24, 2.45) is 5.92 Å². The van der Waals surface area contributed by atoms with Gasteiger partial charge in [0.1, 0.15) is 15.8 Å². The van der Waals surface area contributed by atoms with Gasteiger partial charge < -0.3 is 4.90 Å². The van der Waals surface area contributed by atoms with E-state index in [2.05, 4.69) is 11.8 Å². The Labute approximate surface area is 192 Å². The molecule has 2 aromatic rings. The Hall–Kier alpha value is -2.19. The molecule has 8 heteroatoms. The Bertz CT molecular complexity index is 1130. The SMILES string of the molecule is CC[C@H](C)N1C(=O)/C(=C\c2c(N3CCC(C)CC3)nc3c(C)cccn3c2=O)SC1=S. The van der Waals surface area contributed by atoms with E-state index in [1.54, 1.807) is 21.6 Å². The fraction of sp³-hybridized carbons (Fsp3) is 0.478. The molecule has 0 unspecified atom stereocenters. The number of piperidine rings is 1. The summed E-state index contributed by atoms with van der Waals surface area (Å²) in [5.74, 6) is 1.20. The number of carbonyl (C=O) groups is 1. The Kier molecular flexibility index (Phi) is 6.21. The monoisotopic (exact) mass is 456 g/mol. The average molecular weight is 457 g/mol. The molecule has 1 amide bonds. The number of aryl methyl sites for hydroxylation is 1. The number of carbonyl (C=O) groups excluding carboxylic acids is 1. The van der Waals surface area contributed by atoms with Gasteiger partial charge in [-0.15, -0.1) is 0 Å². The summed E-state index contributed by atoms with van der Waals surface area (Å²) in [6.07, 6.45) is 6.38. The third kappa shape index (κ3) is 4.03. The zero-order valence-corrected chi connectivity index (χ0v) is 20.1. The highest BCUT2D eigenvalue weighted by Gasteiger charge is 2.35. The molecule has 2 aliphatic rings. The van der Waals surface area contributed by atoms with Crippen LogP contribution in [0.5, 0.6) is 0 Å². The van der Waals surface area contributed by atoms with Crippen LogP contribution in [0.2, 0.25) is 0 Å². The second-order valence-electron chi connectivity index (χ2n) is 8.52. The Balaban J connectivity index is 1.87. The highest BCUT2D eigenvalue weighted by atomic mass is 32.2. The first kappa shape index (κ1) is 22.0. The average Bonchev–Trinajstić information content (AvgIpc) is 3.03. The molecule has 0 radical (unpaired) electrons. The summed E-state index contributed by atoms with van der Waals surface area (Å²) in [6, 6.07) is 3.83. The van der Waals surface area contributed by atoms with Gasteiger partial charge in [0.25, 0.3) is 11.5 Å². The van der Waals surface area contributed by atoms with Crippen LogP contribution < -0.4 is 10.5 Å². The molecular weight excluding hydrogens is 428 g/mol. The normalized spacial score (nSPS) is 20.3. The molecule has 1 atom stereocenters. The van der Waals surface area contributed by atoms with Gasteiger partial charge in [-0.25, -0.2) is 4.98 Å². The van der Waals surface area contributed by atoms with E-state index in [1.165, 1.54) is 11.8 Å². The first-order chi connectivity index (χ1) is 14.8. The summed E-state index contributed by atoms with van der Waals surface area (Å²) >= 11 is 6.74. The van der Waals surface area contributed by atoms with E-state index in [9.17, 15) is 9.59 Å². The van der Waals surface area contributed by atoms with Crippen LogP contribution in [0.25, 0.3) is 11.7 Å². The number of hydrogen-bond acceptors (Lipinski definition) is 6. The molecule has 0 bridgehead atoms. The van der Waals surface area contributed by atoms with Crippen molar-refractivity contribution in [1.29, 1.82) is 0 Å². The van der Waals surface area contributed by atoms with Gasteiger partial charge in [-0.05, 0) is 56.7 Å². The first-order valence-corrected chi connectivity index (χ1v) is 12.1. The number of amides is 1. The fourth-order valence-electron chi connectivity index (χ4n) is 4.06. The van der Waals surface area contributed by atoms with Gasteiger partial charge in [-0.3, -0.25) is 18.9 Å². The summed E-state index contributed by atoms with van der Waals surface area (Å²) in [5.41, 5.74) is 1.91. The molecule has 0 aliphatic carbocycles. The maximum atomic E-state index is 13.5. The number of anilines is 1. The van der Waals surface area contributed by atoms with Crippen molar-refractivity contribution in [2.75, 3.05) is 18.0 Å². The lowest BCUT2D eigenvalue weighted by Gasteiger charge is -2.32. The highest BCUT2D eigenvalue weighted by Crippen LogP contribution is 2.35. The molecule has 4 heterocycles. The number of aromatic nitrogens is 2. The Morgan fingerprint density at radius 1 is 1.32 bits per heavy atom. The molecule has 0 N–H and O–H groups in total. The van der Waals surface area contributed by atoms with Gasteiger partial charge in [0, 0.05) is 25.3 Å². The van der Waals surface area contributed by atoms with Gasteiger partial charge in [-0.2, -0.15) is 0 Å². The van der Waals surface area contributed by atoms with E-state index in [1.807, 2.05) is 32.9 Å². The van der Waals surface area contributed by atoms with Crippen LogP contribution in [0.3, 0.4) is 0 Å². The van der Waals surface area contributed by atoms with Crippen LogP contribution in [0.15, 0.2) is 28.0 Å². The van der Waals surface area contributed by atoms with Crippen molar-refractivity contribution >= 4 is 51.7 Å². The van der Waals surface area contributed by atoms with Crippen LogP contribution >= 0.6 is 24.0 Å². The molecule has 164 valence electrons. The molecule has 0 aromatic carbocycles. The van der Waals surface area contributed by atoms with E-state index in [-0.39, 0.29) is 17.5 Å². The van der Waals surface area contributed by atoms with E-state index in [4.69, 9.17) is 17.2 Å². The van der Waals surface area contributed by atoms with Crippen molar-refractivity contribution in [1.82, 2.24) is 14.3 Å². The molecule has 31 heavy (non-hydrogen) atoms. The molecule has 2 fully saturated rings. The first-order valence-electron chi connectivity index (χ1n) is 10.9. The number of thiocarbonyl (C=S) groups is 1. The van der Waals surface area contributed by atoms with Gasteiger partial charge in [0.15, 0.2) is 0 Å². The lowest BCUT2D eigenvalue weighted by molar-refractivity contribution is -0.123. The summed E-state index contributed by atoms with van der Waals surface area (Å²) in [7, 11) is 0. The fourth-order valence-corrected chi connectivity index (χ4v) is 5.51. The highest BCUT2D eigenvalue weighted by molar-refractivity contribution is 8.26. The largest absolute Gasteiger partial charge is 0.356 e. The topological polar surface area (TPSA) is 57.9 Å². The van der Waals surface area contributed by atoms with Crippen molar-refractivity contribution < 1.29 is 4.79 Å². The summed E-state index contributed by atoms with van der Waals surface area (Å²) < 4.78 is 2.12. The Morgan fingerprint density at radius 2 is 2.03 bits per heavy atom. The number of pyridine rings is 1. The summed E-state index contributed by atoms with van der Waals surface area (Å²) in [6.45, 7) is 9.94. The maximum absolute atomic E-state index is 13.5. The minimum absolute atomic E-state index is 0.0277. The van der Waals surface area contributed by atoms with E-state index in [0.29, 0.717) is 32.2 Å². The molecule has 2 aromatic heterocycles. The number of nitrogens with zero attached hydrogens (tertiary/aromatic N) is 4. The van der Waals surface area contributed by atoms with Crippen LogP contribution in [0.1, 0.15) is 51.2 Å². The van der Waals surface area contributed by atoms with Crippen molar-refractivity contribution in [3.05, 3.63) is 44.7 Å². The van der Waals surface area contributed by atoms with Gasteiger partial charge in [0.05, 0.1) is 10.5 Å². The van der Waals surface area contributed by atoms with E-state index < -0.39 is 0 Å². The maximum Gasteiger partial charge on any atom is 0.267 e. The predicted octanol–water partition coefficient (Wildman–Crippen LogP) is 4.24. The number of hydrogen-bond donors (Lipinski definition) is 0. The zero-order chi connectivity index (χ0) is 22.3. The molecule has 0 spiro atoms. The molecule has 6 nitrogen and oxygen atoms in total. The Morgan fingerprint density at radius 3 is 2.71 bits per heavy atom. The van der Waals surface area contributed by atoms with Crippen LogP contribution in [0.4, 0.5) is 5.82 Å². The van der Waals surface area contributed by atoms with Crippen molar-refractivity contribution in [3.8, 4) is 0 Å². The van der Waals surface area contributed by atoms with Crippen LogP contribution in [0, 0.1) is 12.8 Å². The lowest BCUT2D eigenvalue weighted by Crippen LogP contribution is -2.36. The van der Waals surface area contributed by atoms with Gasteiger partial charge >= 0.3 is 0 Å². The summed E-state index contributed by atoms with van der Waals surface area (Å²) in [4.78, 5) is 35.9. The van der Waals surface area contributed by atoms with E-state index >= 15 is 0 Å². The number of thioether (sulfide) groups is 1. The molecule has 0 saturated carbocycles. The minimum atomic E-state index is -0.156. The zero-order valence-electron chi connectivity index (χ0n) is 18.4. The molecule has 4 rings (SSSR count). The van der Waals surface area contributed by atoms with E-state index in [0.717, 1.165) is 37.9 Å². The van der Waals surface area contributed by atoms with Crippen molar-refractivity contribution in [2.45, 2.75) is 53.0 Å². The second kappa shape index (κ2) is 8.74.